The minimum Gasteiger partial charge on any atom is -0.465 e. The molecule has 4 amide bonds. The molecule has 0 aliphatic carbocycles. The Balaban J connectivity index is 2.42. The van der Waals surface area contributed by atoms with Crippen LogP contribution in [0.15, 0.2) is 18.2 Å². The molecule has 18 heavy (non-hydrogen) atoms. The van der Waals surface area contributed by atoms with Gasteiger partial charge in [-0.05, 0) is 18.2 Å². The normalized spacial score (nSPS) is 15.4. The van der Waals surface area contributed by atoms with E-state index < -0.39 is 24.6 Å². The first-order chi connectivity index (χ1) is 8.40. The Bertz CT molecular complexity index is 541. The third-order valence-electron chi connectivity index (χ3n) is 2.30. The predicted octanol–water partition coefficient (Wildman–Crippen LogP) is 2.44. The molecule has 1 N–H and O–H groups in total. The van der Waals surface area contributed by atoms with Gasteiger partial charge in [-0.2, -0.15) is 0 Å². The predicted molar refractivity (Wildman–Crippen MR) is 64.1 cm³/mol. The highest BCUT2D eigenvalue weighted by atomic mass is 35.5. The molecule has 1 fully saturated rings. The summed E-state index contributed by atoms with van der Waals surface area (Å²) in [4.78, 5) is 35.3. The molecule has 0 radical (unpaired) electrons. The number of carbonyl (C=O) groups excluding carboxylic acids is 2. The van der Waals surface area contributed by atoms with Crippen molar-refractivity contribution in [3.63, 3.8) is 0 Å². The highest BCUT2D eigenvalue weighted by molar-refractivity contribution is 6.35. The number of amides is 4. The van der Waals surface area contributed by atoms with Gasteiger partial charge in [-0.3, -0.25) is 4.79 Å². The average molecular weight is 289 g/mol. The standard InChI is InChI=1S/C10H6Cl2N2O4/c11-5-1-6(12)3-7(2-5)14-8(15)4-13(9(14)16)10(17)18/h1-3H,4H2,(H,17,18). The van der Waals surface area contributed by atoms with Crippen LogP contribution in [0, 0.1) is 0 Å². The number of benzene rings is 1. The van der Waals surface area contributed by atoms with Crippen molar-refractivity contribution in [2.75, 3.05) is 11.4 Å². The van der Waals surface area contributed by atoms with E-state index in [9.17, 15) is 14.4 Å². The smallest absolute Gasteiger partial charge is 0.416 e. The van der Waals surface area contributed by atoms with Gasteiger partial charge in [0.2, 0.25) is 0 Å². The van der Waals surface area contributed by atoms with Crippen molar-refractivity contribution in [1.29, 1.82) is 0 Å². The number of hydrogen-bond donors (Lipinski definition) is 1. The first-order valence-electron chi connectivity index (χ1n) is 4.73. The van der Waals surface area contributed by atoms with Gasteiger partial charge in [0.25, 0.3) is 5.91 Å². The fourth-order valence-corrected chi connectivity index (χ4v) is 2.09. The largest absolute Gasteiger partial charge is 0.465 e. The molecule has 6 nitrogen and oxygen atoms in total. The minimum atomic E-state index is -1.48. The van der Waals surface area contributed by atoms with Crippen LogP contribution in [0.5, 0.6) is 0 Å². The van der Waals surface area contributed by atoms with E-state index in [-0.39, 0.29) is 15.7 Å². The van der Waals surface area contributed by atoms with Gasteiger partial charge in [0.05, 0.1) is 5.69 Å². The fraction of sp³-hybridized carbons (Fsp3) is 0.100. The zero-order valence-electron chi connectivity index (χ0n) is 8.76. The quantitative estimate of drug-likeness (QED) is 0.805. The van der Waals surface area contributed by atoms with Crippen molar-refractivity contribution in [1.82, 2.24) is 4.90 Å². The van der Waals surface area contributed by atoms with Crippen LogP contribution in [-0.2, 0) is 4.79 Å². The van der Waals surface area contributed by atoms with Gasteiger partial charge in [-0.1, -0.05) is 23.2 Å². The number of urea groups is 1. The zero-order chi connectivity index (χ0) is 13.4. The van der Waals surface area contributed by atoms with Crippen LogP contribution in [0.4, 0.5) is 15.3 Å². The second kappa shape index (κ2) is 4.47. The molecule has 0 saturated carbocycles. The first-order valence-corrected chi connectivity index (χ1v) is 5.49. The van der Waals surface area contributed by atoms with Gasteiger partial charge >= 0.3 is 12.1 Å². The summed E-state index contributed by atoms with van der Waals surface area (Å²) in [7, 11) is 0. The van der Waals surface area contributed by atoms with Crippen molar-refractivity contribution in [3.8, 4) is 0 Å². The average Bonchev–Trinajstić information content (AvgIpc) is 2.52. The van der Waals surface area contributed by atoms with Crippen LogP contribution >= 0.6 is 23.2 Å². The third kappa shape index (κ3) is 2.12. The van der Waals surface area contributed by atoms with Crippen LogP contribution in [0.1, 0.15) is 0 Å². The molecule has 0 atom stereocenters. The first kappa shape index (κ1) is 12.7. The Morgan fingerprint density at radius 1 is 1.17 bits per heavy atom. The molecule has 8 heteroatoms. The van der Waals surface area contributed by atoms with E-state index in [0.29, 0.717) is 4.90 Å². The van der Waals surface area contributed by atoms with Crippen LogP contribution in [0.25, 0.3) is 0 Å². The summed E-state index contributed by atoms with van der Waals surface area (Å²) in [6.07, 6.45) is -1.48. The molecular formula is C10H6Cl2N2O4. The third-order valence-corrected chi connectivity index (χ3v) is 2.74. The van der Waals surface area contributed by atoms with Crippen molar-refractivity contribution >= 4 is 46.9 Å². The van der Waals surface area contributed by atoms with E-state index in [1.54, 1.807) is 0 Å². The van der Waals surface area contributed by atoms with Gasteiger partial charge in [-0.15, -0.1) is 0 Å². The summed E-state index contributed by atoms with van der Waals surface area (Å²) < 4.78 is 0. The molecular weight excluding hydrogens is 283 g/mol. The Morgan fingerprint density at radius 2 is 1.72 bits per heavy atom. The number of rotatable bonds is 1. The molecule has 0 bridgehead atoms. The lowest BCUT2D eigenvalue weighted by Gasteiger charge is -2.14. The molecule has 2 rings (SSSR count). The number of carboxylic acid groups (broad SMARTS) is 1. The molecule has 1 heterocycles. The summed E-state index contributed by atoms with van der Waals surface area (Å²) in [6, 6.07) is 3.21. The second-order valence-corrected chi connectivity index (χ2v) is 4.38. The van der Waals surface area contributed by atoms with E-state index >= 15 is 0 Å². The summed E-state index contributed by atoms with van der Waals surface area (Å²) in [5, 5.41) is 9.23. The summed E-state index contributed by atoms with van der Waals surface area (Å²) in [5.41, 5.74) is 0.145. The number of nitrogens with zero attached hydrogens (tertiary/aromatic N) is 2. The number of carbonyl (C=O) groups is 3. The highest BCUT2D eigenvalue weighted by Crippen LogP contribution is 2.28. The lowest BCUT2D eigenvalue weighted by molar-refractivity contribution is -0.116. The molecule has 0 aromatic heterocycles. The van der Waals surface area contributed by atoms with Gasteiger partial charge in [0.1, 0.15) is 6.54 Å². The van der Waals surface area contributed by atoms with Crippen molar-refractivity contribution < 1.29 is 19.5 Å². The lowest BCUT2D eigenvalue weighted by atomic mass is 10.3. The lowest BCUT2D eigenvalue weighted by Crippen LogP contribution is -2.35. The van der Waals surface area contributed by atoms with Crippen molar-refractivity contribution in [3.05, 3.63) is 28.2 Å². The van der Waals surface area contributed by atoms with Crippen LogP contribution in [0.2, 0.25) is 10.0 Å². The summed E-state index contributed by atoms with van der Waals surface area (Å²) in [5.74, 6) is -0.652. The van der Waals surface area contributed by atoms with E-state index in [1.807, 2.05) is 0 Å². The molecule has 1 aromatic carbocycles. The Labute approximate surface area is 111 Å². The van der Waals surface area contributed by atoms with Crippen LogP contribution in [0.3, 0.4) is 0 Å². The van der Waals surface area contributed by atoms with Gasteiger partial charge in [0.15, 0.2) is 0 Å². The maximum absolute atomic E-state index is 11.7. The topological polar surface area (TPSA) is 77.9 Å². The number of halogens is 2. The van der Waals surface area contributed by atoms with E-state index in [4.69, 9.17) is 28.3 Å². The summed E-state index contributed by atoms with van der Waals surface area (Å²) >= 11 is 11.5. The van der Waals surface area contributed by atoms with E-state index in [1.165, 1.54) is 18.2 Å². The van der Waals surface area contributed by atoms with E-state index in [0.717, 1.165) is 4.90 Å². The van der Waals surface area contributed by atoms with E-state index in [2.05, 4.69) is 0 Å². The van der Waals surface area contributed by atoms with Gasteiger partial charge in [-0.25, -0.2) is 19.4 Å². The number of imide groups is 2. The van der Waals surface area contributed by atoms with Crippen LogP contribution in [-0.4, -0.2) is 34.6 Å². The van der Waals surface area contributed by atoms with Crippen LogP contribution < -0.4 is 4.90 Å². The SMILES string of the molecule is O=C(O)N1CC(=O)N(c2cc(Cl)cc(Cl)c2)C1=O. The van der Waals surface area contributed by atoms with Crippen molar-refractivity contribution in [2.45, 2.75) is 0 Å². The van der Waals surface area contributed by atoms with Crippen molar-refractivity contribution in [2.24, 2.45) is 0 Å². The maximum atomic E-state index is 11.7. The molecule has 1 aliphatic rings. The Morgan fingerprint density at radius 3 is 2.17 bits per heavy atom. The highest BCUT2D eigenvalue weighted by Gasteiger charge is 2.40. The molecule has 0 spiro atoms. The maximum Gasteiger partial charge on any atom is 0.416 e. The Kier molecular flexibility index (Phi) is 3.14. The molecule has 0 unspecified atom stereocenters. The zero-order valence-corrected chi connectivity index (χ0v) is 10.3. The number of hydrogen-bond acceptors (Lipinski definition) is 3. The fourth-order valence-electron chi connectivity index (χ4n) is 1.57. The monoisotopic (exact) mass is 288 g/mol. The molecule has 94 valence electrons. The Hall–Kier alpha value is -1.79. The second-order valence-electron chi connectivity index (χ2n) is 3.51. The molecule has 1 aromatic rings. The van der Waals surface area contributed by atoms with Gasteiger partial charge in [0, 0.05) is 10.0 Å². The summed E-state index contributed by atoms with van der Waals surface area (Å²) in [6.45, 7) is -0.516. The number of anilines is 1. The molecule has 1 saturated heterocycles. The van der Waals surface area contributed by atoms with Gasteiger partial charge < -0.3 is 5.11 Å². The molecule has 1 aliphatic heterocycles. The minimum absolute atomic E-state index is 0.145.